The average molecular weight is 473 g/mol. The second-order valence-electron chi connectivity index (χ2n) is 9.11. The summed E-state index contributed by atoms with van der Waals surface area (Å²) >= 11 is 2.76. The number of rotatable bonds is 3. The number of phenolic OH excluding ortho intramolecular Hbond substituents is 1. The first-order valence-electron chi connectivity index (χ1n) is 10.6. The summed E-state index contributed by atoms with van der Waals surface area (Å²) in [5, 5.41) is 20.1. The SMILES string of the molecule is C[C@H](C(=O)O)N1C(=O)[C@@H]2[C@H]3C[C@@H]([C@@H]2C1=O)[C@@H]1[C@H](c2ccc(O)cc2)c2sc(=O)[nH]c2S[C@H]31. The Morgan fingerprint density at radius 1 is 1.12 bits per heavy atom. The number of thiazole rings is 1. The van der Waals surface area contributed by atoms with Crippen LogP contribution < -0.4 is 4.87 Å². The molecule has 1 saturated heterocycles. The summed E-state index contributed by atoms with van der Waals surface area (Å²) < 4.78 is 0. The van der Waals surface area contributed by atoms with Crippen molar-refractivity contribution in [3.8, 4) is 5.75 Å². The minimum atomic E-state index is -1.19. The summed E-state index contributed by atoms with van der Waals surface area (Å²) in [6, 6.07) is 5.77. The molecule has 166 valence electrons. The molecule has 4 aliphatic rings. The van der Waals surface area contributed by atoms with Gasteiger partial charge < -0.3 is 15.2 Å². The number of phenols is 1. The number of likely N-dealkylation sites (tertiary alicyclic amines) is 1. The van der Waals surface area contributed by atoms with Gasteiger partial charge in [-0.05, 0) is 48.8 Å². The van der Waals surface area contributed by atoms with Gasteiger partial charge in [0, 0.05) is 16.0 Å². The van der Waals surface area contributed by atoms with Crippen molar-refractivity contribution < 1.29 is 24.6 Å². The van der Waals surface area contributed by atoms with Crippen LogP contribution in [0.2, 0.25) is 0 Å². The standard InChI is InChI=1S/C22H20N2O6S2/c1-7(21(28)29)24-19(26)14-10-6-11(15(14)20(24)27)16-13(10)12(8-2-4-9(25)5-3-8)17-18(31-16)23-22(30)32-17/h2-5,7,10-16,25H,6H2,1H3,(H,23,30)(H,28,29)/t7-,10-,11-,12+,13-,14+,15-,16-/m1/s1. The van der Waals surface area contributed by atoms with Crippen LogP contribution in [0.4, 0.5) is 0 Å². The van der Waals surface area contributed by atoms with Gasteiger partial charge in [0.05, 0.1) is 16.9 Å². The molecule has 2 amide bonds. The number of carboxylic acids is 1. The van der Waals surface area contributed by atoms with Crippen molar-refractivity contribution in [1.82, 2.24) is 9.88 Å². The molecule has 6 rings (SSSR count). The molecule has 0 spiro atoms. The van der Waals surface area contributed by atoms with Crippen molar-refractivity contribution >= 4 is 40.9 Å². The van der Waals surface area contributed by atoms with Crippen LogP contribution in [0.1, 0.15) is 29.7 Å². The van der Waals surface area contributed by atoms with Gasteiger partial charge in [0.25, 0.3) is 0 Å². The van der Waals surface area contributed by atoms with E-state index in [1.54, 1.807) is 23.9 Å². The number of nitrogens with one attached hydrogen (secondary N) is 1. The number of imide groups is 1. The van der Waals surface area contributed by atoms with Crippen molar-refractivity contribution in [1.29, 1.82) is 0 Å². The molecule has 2 bridgehead atoms. The number of hydrogen-bond donors (Lipinski definition) is 3. The third-order valence-corrected chi connectivity index (χ3v) is 10.3. The molecule has 32 heavy (non-hydrogen) atoms. The summed E-state index contributed by atoms with van der Waals surface area (Å²) in [6.45, 7) is 1.38. The Kier molecular flexibility index (Phi) is 4.20. The zero-order chi connectivity index (χ0) is 22.5. The second kappa shape index (κ2) is 6.71. The van der Waals surface area contributed by atoms with Crippen LogP contribution in [-0.2, 0) is 14.4 Å². The maximum absolute atomic E-state index is 13.3. The lowest BCUT2D eigenvalue weighted by Crippen LogP contribution is -2.44. The van der Waals surface area contributed by atoms with Crippen molar-refractivity contribution in [2.75, 3.05) is 0 Å². The predicted molar refractivity (Wildman–Crippen MR) is 116 cm³/mol. The maximum Gasteiger partial charge on any atom is 0.326 e. The number of benzene rings is 1. The van der Waals surface area contributed by atoms with Gasteiger partial charge in [0.1, 0.15) is 11.8 Å². The van der Waals surface area contributed by atoms with Gasteiger partial charge in [0.15, 0.2) is 0 Å². The van der Waals surface area contributed by atoms with Crippen molar-refractivity contribution in [2.45, 2.75) is 35.6 Å². The van der Waals surface area contributed by atoms with Crippen LogP contribution in [0.5, 0.6) is 5.75 Å². The fourth-order valence-electron chi connectivity index (χ4n) is 6.59. The number of hydrogen-bond acceptors (Lipinski definition) is 7. The molecule has 2 aromatic rings. The average Bonchev–Trinajstić information content (AvgIpc) is 3.47. The number of carbonyl (C=O) groups is 3. The molecule has 10 heteroatoms. The minimum Gasteiger partial charge on any atom is -0.508 e. The van der Waals surface area contributed by atoms with Gasteiger partial charge in [-0.3, -0.25) is 19.3 Å². The van der Waals surface area contributed by atoms with E-state index in [9.17, 15) is 29.4 Å². The Morgan fingerprint density at radius 3 is 2.44 bits per heavy atom. The minimum absolute atomic E-state index is 0.0430. The number of carbonyl (C=O) groups excluding carboxylic acids is 2. The fraction of sp³-hybridized carbons (Fsp3) is 0.455. The van der Waals surface area contributed by atoms with Crippen LogP contribution in [0, 0.1) is 29.6 Å². The number of aliphatic carboxylic acids is 1. The number of thioether (sulfide) groups is 1. The molecule has 3 N–H and O–H groups in total. The van der Waals surface area contributed by atoms with Crippen LogP contribution in [0.15, 0.2) is 34.1 Å². The number of aromatic nitrogens is 1. The Balaban J connectivity index is 1.45. The molecular weight excluding hydrogens is 452 g/mol. The molecule has 1 aromatic heterocycles. The normalized spacial score (nSPS) is 35.5. The van der Waals surface area contributed by atoms with E-state index in [0.29, 0.717) is 0 Å². The number of nitrogens with zero attached hydrogens (tertiary/aromatic N) is 1. The van der Waals surface area contributed by atoms with Crippen LogP contribution >= 0.6 is 23.1 Å². The third kappa shape index (κ3) is 2.50. The summed E-state index contributed by atoms with van der Waals surface area (Å²) in [6.07, 6.45) is 0.748. The monoisotopic (exact) mass is 472 g/mol. The summed E-state index contributed by atoms with van der Waals surface area (Å²) in [5.41, 5.74) is 0.964. The molecule has 3 heterocycles. The highest BCUT2D eigenvalue weighted by Crippen LogP contribution is 2.68. The molecule has 0 radical (unpaired) electrons. The lowest BCUT2D eigenvalue weighted by Gasteiger charge is -2.43. The molecule has 2 saturated carbocycles. The van der Waals surface area contributed by atoms with Gasteiger partial charge in [-0.1, -0.05) is 23.5 Å². The molecule has 0 unspecified atom stereocenters. The van der Waals surface area contributed by atoms with Crippen LogP contribution in [-0.4, -0.2) is 49.2 Å². The highest BCUT2D eigenvalue weighted by Gasteiger charge is 2.70. The van der Waals surface area contributed by atoms with Gasteiger partial charge in [-0.2, -0.15) is 0 Å². The Hall–Kier alpha value is -2.59. The first-order valence-corrected chi connectivity index (χ1v) is 12.3. The van der Waals surface area contributed by atoms with Crippen LogP contribution in [0.25, 0.3) is 0 Å². The highest BCUT2D eigenvalue weighted by atomic mass is 32.2. The van der Waals surface area contributed by atoms with Gasteiger partial charge >= 0.3 is 10.8 Å². The Labute approximate surface area is 190 Å². The van der Waals surface area contributed by atoms with Crippen molar-refractivity contribution in [3.05, 3.63) is 44.4 Å². The Bertz CT molecular complexity index is 1220. The van der Waals surface area contributed by atoms with Crippen molar-refractivity contribution in [2.24, 2.45) is 29.6 Å². The van der Waals surface area contributed by atoms with E-state index >= 15 is 0 Å². The number of H-pyrrole nitrogens is 1. The first-order chi connectivity index (χ1) is 15.3. The van der Waals surface area contributed by atoms with Gasteiger partial charge in [-0.15, -0.1) is 11.8 Å². The van der Waals surface area contributed by atoms with E-state index < -0.39 is 23.8 Å². The molecule has 2 aliphatic heterocycles. The molecule has 2 aliphatic carbocycles. The highest BCUT2D eigenvalue weighted by molar-refractivity contribution is 8.00. The zero-order valence-corrected chi connectivity index (χ0v) is 18.6. The summed E-state index contributed by atoms with van der Waals surface area (Å²) in [7, 11) is 0. The molecule has 8 atom stereocenters. The van der Waals surface area contributed by atoms with E-state index in [2.05, 4.69) is 4.98 Å². The van der Waals surface area contributed by atoms with Gasteiger partial charge in [0.2, 0.25) is 11.8 Å². The summed E-state index contributed by atoms with van der Waals surface area (Å²) in [4.78, 5) is 54.9. The number of carboxylic acid groups (broad SMARTS) is 1. The fourth-order valence-corrected chi connectivity index (χ4v) is 9.48. The van der Waals surface area contributed by atoms with E-state index in [4.69, 9.17) is 0 Å². The number of aromatic amines is 1. The molecular formula is C22H20N2O6S2. The first kappa shape index (κ1) is 20.0. The van der Waals surface area contributed by atoms with E-state index in [-0.39, 0.29) is 51.4 Å². The van der Waals surface area contributed by atoms with Crippen molar-refractivity contribution in [3.63, 3.8) is 0 Å². The lowest BCUT2D eigenvalue weighted by molar-refractivity contribution is -0.154. The predicted octanol–water partition coefficient (Wildman–Crippen LogP) is 2.09. The number of amides is 2. The number of aromatic hydroxyl groups is 1. The van der Waals surface area contributed by atoms with E-state index in [1.807, 2.05) is 12.1 Å². The summed E-state index contributed by atoms with van der Waals surface area (Å²) in [5.74, 6) is -2.95. The van der Waals surface area contributed by atoms with E-state index in [0.717, 1.165) is 26.8 Å². The smallest absolute Gasteiger partial charge is 0.326 e. The largest absolute Gasteiger partial charge is 0.508 e. The topological polar surface area (TPSA) is 128 Å². The third-order valence-electron chi connectivity index (χ3n) is 7.75. The lowest BCUT2D eigenvalue weighted by atomic mass is 9.68. The maximum atomic E-state index is 13.3. The quantitative estimate of drug-likeness (QED) is 0.584. The van der Waals surface area contributed by atoms with Gasteiger partial charge in [-0.25, -0.2) is 4.79 Å². The zero-order valence-electron chi connectivity index (χ0n) is 16.9. The molecule has 1 aromatic carbocycles. The molecule has 8 nitrogen and oxygen atoms in total. The second-order valence-corrected chi connectivity index (χ2v) is 11.3. The Morgan fingerprint density at radius 2 is 1.78 bits per heavy atom. The molecule has 3 fully saturated rings. The van der Waals surface area contributed by atoms with E-state index in [1.165, 1.54) is 18.3 Å². The van der Waals surface area contributed by atoms with Crippen LogP contribution in [0.3, 0.4) is 0 Å². The number of fused-ring (bicyclic) bond motifs is 9.